The van der Waals surface area contributed by atoms with Crippen molar-refractivity contribution in [3.8, 4) is 0 Å². The lowest BCUT2D eigenvalue weighted by atomic mass is 10.1. The van der Waals surface area contributed by atoms with Crippen molar-refractivity contribution in [1.82, 2.24) is 0 Å². The number of benzene rings is 2. The van der Waals surface area contributed by atoms with Crippen LogP contribution in [-0.4, -0.2) is 11.7 Å². The zero-order chi connectivity index (χ0) is 15.2. The highest BCUT2D eigenvalue weighted by Gasteiger charge is 2.09. The third kappa shape index (κ3) is 4.88. The van der Waals surface area contributed by atoms with Gasteiger partial charge in [0, 0.05) is 34.1 Å². The second-order valence-electron chi connectivity index (χ2n) is 4.49. The smallest absolute Gasteiger partial charge is 0.224 e. The second kappa shape index (κ2) is 7.25. The van der Waals surface area contributed by atoms with Gasteiger partial charge in [-0.25, -0.2) is 0 Å². The summed E-state index contributed by atoms with van der Waals surface area (Å²) in [6.45, 7) is 0. The van der Waals surface area contributed by atoms with Crippen LogP contribution in [0.5, 0.6) is 0 Å². The highest BCUT2D eigenvalue weighted by Crippen LogP contribution is 2.15. The van der Waals surface area contributed by atoms with E-state index in [9.17, 15) is 9.59 Å². The molecule has 0 spiro atoms. The van der Waals surface area contributed by atoms with Gasteiger partial charge >= 0.3 is 0 Å². The summed E-state index contributed by atoms with van der Waals surface area (Å²) in [6, 6.07) is 13.4. The number of hydrogen-bond donors (Lipinski definition) is 1. The van der Waals surface area contributed by atoms with Gasteiger partial charge in [-0.3, -0.25) is 9.59 Å². The monoisotopic (exact) mass is 321 g/mol. The lowest BCUT2D eigenvalue weighted by Crippen LogP contribution is -2.13. The summed E-state index contributed by atoms with van der Waals surface area (Å²) >= 11 is 11.5. The van der Waals surface area contributed by atoms with Gasteiger partial charge in [-0.1, -0.05) is 23.2 Å². The summed E-state index contributed by atoms with van der Waals surface area (Å²) in [4.78, 5) is 23.7. The predicted molar refractivity (Wildman–Crippen MR) is 85.1 cm³/mol. The summed E-state index contributed by atoms with van der Waals surface area (Å²) in [6.07, 6.45) is 0.283. The van der Waals surface area contributed by atoms with Crippen molar-refractivity contribution in [2.24, 2.45) is 0 Å². The van der Waals surface area contributed by atoms with Gasteiger partial charge in [-0.05, 0) is 48.5 Å². The van der Waals surface area contributed by atoms with Crippen LogP contribution in [-0.2, 0) is 4.79 Å². The molecular formula is C16H13Cl2NO2. The molecule has 0 saturated carbocycles. The van der Waals surface area contributed by atoms with E-state index in [0.29, 0.717) is 21.3 Å². The van der Waals surface area contributed by atoms with E-state index >= 15 is 0 Å². The molecule has 21 heavy (non-hydrogen) atoms. The Balaban J connectivity index is 1.84. The van der Waals surface area contributed by atoms with E-state index in [4.69, 9.17) is 23.2 Å². The van der Waals surface area contributed by atoms with Crippen molar-refractivity contribution in [3.63, 3.8) is 0 Å². The molecule has 0 aliphatic heterocycles. The highest BCUT2D eigenvalue weighted by atomic mass is 35.5. The Kier molecular flexibility index (Phi) is 5.37. The van der Waals surface area contributed by atoms with Gasteiger partial charge in [0.1, 0.15) is 0 Å². The molecule has 2 aromatic rings. The molecular weight excluding hydrogens is 309 g/mol. The maximum Gasteiger partial charge on any atom is 0.224 e. The fourth-order valence-electron chi connectivity index (χ4n) is 1.76. The van der Waals surface area contributed by atoms with E-state index in [1.165, 1.54) is 0 Å². The van der Waals surface area contributed by atoms with E-state index in [2.05, 4.69) is 5.32 Å². The number of amides is 1. The molecule has 2 aromatic carbocycles. The van der Waals surface area contributed by atoms with Crippen molar-refractivity contribution in [2.45, 2.75) is 12.8 Å². The first-order chi connectivity index (χ1) is 10.0. The number of hydrogen-bond acceptors (Lipinski definition) is 2. The molecule has 0 radical (unpaired) electrons. The Morgan fingerprint density at radius 2 is 1.33 bits per heavy atom. The van der Waals surface area contributed by atoms with Crippen molar-refractivity contribution < 1.29 is 9.59 Å². The van der Waals surface area contributed by atoms with Gasteiger partial charge in [-0.15, -0.1) is 0 Å². The topological polar surface area (TPSA) is 46.2 Å². The van der Waals surface area contributed by atoms with Crippen LogP contribution in [0.1, 0.15) is 23.2 Å². The molecule has 0 saturated heterocycles. The molecule has 3 nitrogen and oxygen atoms in total. The number of nitrogens with one attached hydrogen (secondary N) is 1. The molecule has 0 aliphatic carbocycles. The van der Waals surface area contributed by atoms with E-state index in [0.717, 1.165) is 0 Å². The van der Waals surface area contributed by atoms with Crippen molar-refractivity contribution in [2.75, 3.05) is 5.32 Å². The Morgan fingerprint density at radius 3 is 1.90 bits per heavy atom. The van der Waals surface area contributed by atoms with Crippen molar-refractivity contribution >= 4 is 40.6 Å². The van der Waals surface area contributed by atoms with Gasteiger partial charge in [-0.2, -0.15) is 0 Å². The van der Waals surface area contributed by atoms with Crippen LogP contribution < -0.4 is 5.32 Å². The lowest BCUT2D eigenvalue weighted by Gasteiger charge is -2.05. The Labute approximate surface area is 132 Å². The molecule has 0 fully saturated rings. The first-order valence-electron chi connectivity index (χ1n) is 6.39. The summed E-state index contributed by atoms with van der Waals surface area (Å²) in [5.74, 6) is -0.294. The fourth-order valence-corrected chi connectivity index (χ4v) is 2.02. The normalized spacial score (nSPS) is 10.2. The maximum atomic E-state index is 11.9. The summed E-state index contributed by atoms with van der Waals surface area (Å²) in [5, 5.41) is 3.89. The molecule has 2 rings (SSSR count). The third-order valence-corrected chi connectivity index (χ3v) is 3.38. The number of carbonyl (C=O) groups excluding carboxylic acids is 2. The average molecular weight is 322 g/mol. The Bertz CT molecular complexity index is 636. The molecule has 5 heteroatoms. The van der Waals surface area contributed by atoms with Gasteiger partial charge in [0.2, 0.25) is 5.91 Å². The van der Waals surface area contributed by atoms with Crippen molar-refractivity contribution in [3.05, 3.63) is 64.1 Å². The Hall–Kier alpha value is -1.84. The maximum absolute atomic E-state index is 11.9. The van der Waals surface area contributed by atoms with Gasteiger partial charge in [0.25, 0.3) is 0 Å². The van der Waals surface area contributed by atoms with Gasteiger partial charge < -0.3 is 5.32 Å². The van der Waals surface area contributed by atoms with E-state index in [1.807, 2.05) is 0 Å². The summed E-state index contributed by atoms with van der Waals surface area (Å²) in [7, 11) is 0. The number of rotatable bonds is 5. The summed E-state index contributed by atoms with van der Waals surface area (Å²) < 4.78 is 0. The predicted octanol–water partition coefficient (Wildman–Crippen LogP) is 4.60. The molecule has 1 amide bonds. The van der Waals surface area contributed by atoms with Crippen molar-refractivity contribution in [1.29, 1.82) is 0 Å². The second-order valence-corrected chi connectivity index (χ2v) is 5.36. The van der Waals surface area contributed by atoms with E-state index < -0.39 is 0 Å². The average Bonchev–Trinajstić information content (AvgIpc) is 2.48. The van der Waals surface area contributed by atoms with Crippen LogP contribution >= 0.6 is 23.2 Å². The molecule has 0 unspecified atom stereocenters. The SMILES string of the molecule is O=C(CCC(=O)c1ccc(Cl)cc1)Nc1ccc(Cl)cc1. The molecule has 108 valence electrons. The molecule has 0 atom stereocenters. The first kappa shape index (κ1) is 15.5. The van der Waals surface area contributed by atoms with Crippen LogP contribution in [0.3, 0.4) is 0 Å². The van der Waals surface area contributed by atoms with E-state index in [-0.39, 0.29) is 24.5 Å². The van der Waals surface area contributed by atoms with Crippen LogP contribution in [0.4, 0.5) is 5.69 Å². The molecule has 1 N–H and O–H groups in total. The highest BCUT2D eigenvalue weighted by molar-refractivity contribution is 6.31. The minimum atomic E-state index is -0.209. The number of anilines is 1. The number of Topliss-reactive ketones (excluding diaryl/α,β-unsaturated/α-hetero) is 1. The number of ketones is 1. The fraction of sp³-hybridized carbons (Fsp3) is 0.125. The zero-order valence-electron chi connectivity index (χ0n) is 11.1. The molecule has 0 aromatic heterocycles. The lowest BCUT2D eigenvalue weighted by molar-refractivity contribution is -0.116. The van der Waals surface area contributed by atoms with E-state index in [1.54, 1.807) is 48.5 Å². The van der Waals surface area contributed by atoms with Gasteiger partial charge in [0.15, 0.2) is 5.78 Å². The molecule has 0 aliphatic rings. The van der Waals surface area contributed by atoms with Crippen LogP contribution in [0, 0.1) is 0 Å². The first-order valence-corrected chi connectivity index (χ1v) is 7.14. The largest absolute Gasteiger partial charge is 0.326 e. The quantitative estimate of drug-likeness (QED) is 0.818. The number of halogens is 2. The molecule has 0 heterocycles. The Morgan fingerprint density at radius 1 is 0.810 bits per heavy atom. The van der Waals surface area contributed by atoms with Gasteiger partial charge in [0.05, 0.1) is 0 Å². The minimum absolute atomic E-state index is 0.0853. The van der Waals surface area contributed by atoms with Crippen LogP contribution in [0.25, 0.3) is 0 Å². The zero-order valence-corrected chi connectivity index (χ0v) is 12.6. The minimum Gasteiger partial charge on any atom is -0.326 e. The standard InChI is InChI=1S/C16H13Cl2NO2/c17-12-3-1-11(2-4-12)15(20)9-10-16(21)19-14-7-5-13(18)6-8-14/h1-8H,9-10H2,(H,19,21). The number of carbonyl (C=O) groups is 2. The van der Waals surface area contributed by atoms with Crippen LogP contribution in [0.2, 0.25) is 10.0 Å². The third-order valence-electron chi connectivity index (χ3n) is 2.87. The van der Waals surface area contributed by atoms with Crippen LogP contribution in [0.15, 0.2) is 48.5 Å². The summed E-state index contributed by atoms with van der Waals surface area (Å²) in [5.41, 5.74) is 1.21. The molecule has 0 bridgehead atoms.